The second-order valence-electron chi connectivity index (χ2n) is 6.97. The van der Waals surface area contributed by atoms with Gasteiger partial charge in [-0.1, -0.05) is 61.0 Å². The predicted octanol–water partition coefficient (Wildman–Crippen LogP) is 4.65. The van der Waals surface area contributed by atoms with Crippen molar-refractivity contribution in [1.82, 2.24) is 4.90 Å². The van der Waals surface area contributed by atoms with E-state index >= 15 is 0 Å². The average Bonchev–Trinajstić information content (AvgIpc) is 2.80. The maximum atomic E-state index is 11.9. The number of nitrogens with zero attached hydrogens (tertiary/aromatic N) is 2. The van der Waals surface area contributed by atoms with Crippen molar-refractivity contribution in [1.29, 1.82) is 0 Å². The summed E-state index contributed by atoms with van der Waals surface area (Å²) in [6.45, 7) is 9.06. The molecule has 0 spiro atoms. The Bertz CT molecular complexity index is 635. The summed E-state index contributed by atoms with van der Waals surface area (Å²) in [7, 11) is 0. The molecule has 0 saturated carbocycles. The van der Waals surface area contributed by atoms with E-state index in [0.717, 1.165) is 19.4 Å². The summed E-state index contributed by atoms with van der Waals surface area (Å²) in [5.74, 6) is 0.478. The van der Waals surface area contributed by atoms with Crippen molar-refractivity contribution in [2.45, 2.75) is 52.1 Å². The zero-order valence-electron chi connectivity index (χ0n) is 15.2. The first-order valence-corrected chi connectivity index (χ1v) is 8.67. The van der Waals surface area contributed by atoms with E-state index in [-0.39, 0.29) is 5.91 Å². The maximum absolute atomic E-state index is 11.9. The lowest BCUT2D eigenvalue weighted by Crippen LogP contribution is -2.42. The number of aliphatic imine (C=N–C) groups is 1. The molecule has 2 rings (SSSR count). The average molecular weight is 324 g/mol. The van der Waals surface area contributed by atoms with Crippen LogP contribution in [0.3, 0.4) is 0 Å². The second-order valence-corrected chi connectivity index (χ2v) is 6.97. The second kappa shape index (κ2) is 8.09. The lowest BCUT2D eigenvalue weighted by Gasteiger charge is -2.30. The largest absolute Gasteiger partial charge is 0.314 e. The monoisotopic (exact) mass is 324 g/mol. The zero-order chi connectivity index (χ0) is 17.6. The van der Waals surface area contributed by atoms with Crippen LogP contribution in [-0.2, 0) is 4.79 Å². The number of amides is 1. The van der Waals surface area contributed by atoms with Crippen LogP contribution in [0, 0.1) is 6.92 Å². The van der Waals surface area contributed by atoms with E-state index in [4.69, 9.17) is 0 Å². The first kappa shape index (κ1) is 18.2. The van der Waals surface area contributed by atoms with Gasteiger partial charge in [-0.2, -0.15) is 0 Å². The fourth-order valence-electron chi connectivity index (χ4n) is 2.92. The molecule has 0 aromatic heterocycles. The summed E-state index contributed by atoms with van der Waals surface area (Å²) in [5, 5.41) is 0. The molecule has 0 radical (unpaired) electrons. The summed E-state index contributed by atoms with van der Waals surface area (Å²) >= 11 is 0. The lowest BCUT2D eigenvalue weighted by atomic mass is 9.97. The minimum Gasteiger partial charge on any atom is -0.314 e. The van der Waals surface area contributed by atoms with Crippen LogP contribution in [-0.4, -0.2) is 29.2 Å². The number of hydrogen-bond acceptors (Lipinski definition) is 2. The molecular formula is C21H28N2O. The third kappa shape index (κ3) is 4.92. The van der Waals surface area contributed by atoms with Gasteiger partial charge in [0.1, 0.15) is 5.66 Å². The third-order valence-corrected chi connectivity index (χ3v) is 4.52. The van der Waals surface area contributed by atoms with Crippen molar-refractivity contribution in [2.24, 2.45) is 4.99 Å². The zero-order valence-corrected chi connectivity index (χ0v) is 15.2. The SMILES string of the molecule is Cc1ccccc(C(C)CCCN2C(=O)C=NC2(C)C)cccc1. The smallest absolute Gasteiger partial charge is 0.266 e. The van der Waals surface area contributed by atoms with Gasteiger partial charge in [0.2, 0.25) is 0 Å². The van der Waals surface area contributed by atoms with Gasteiger partial charge >= 0.3 is 0 Å². The molecular weight excluding hydrogens is 296 g/mol. The van der Waals surface area contributed by atoms with Gasteiger partial charge in [-0.25, -0.2) is 0 Å². The molecule has 1 unspecified atom stereocenters. The Hall–Kier alpha value is -2.16. The van der Waals surface area contributed by atoms with Gasteiger partial charge in [0.05, 0.1) is 6.21 Å². The normalized spacial score (nSPS) is 16.8. The van der Waals surface area contributed by atoms with Gasteiger partial charge in [-0.3, -0.25) is 9.79 Å². The van der Waals surface area contributed by atoms with Crippen LogP contribution in [0.15, 0.2) is 53.5 Å². The Morgan fingerprint density at radius 2 is 1.67 bits per heavy atom. The van der Waals surface area contributed by atoms with E-state index in [1.165, 1.54) is 17.3 Å². The van der Waals surface area contributed by atoms with E-state index in [9.17, 15) is 4.79 Å². The Morgan fingerprint density at radius 3 is 2.21 bits per heavy atom. The van der Waals surface area contributed by atoms with Crippen molar-refractivity contribution in [2.75, 3.05) is 6.54 Å². The van der Waals surface area contributed by atoms with Crippen LogP contribution in [0.5, 0.6) is 0 Å². The molecule has 0 aliphatic carbocycles. The maximum Gasteiger partial charge on any atom is 0.266 e. The number of hydrogen-bond donors (Lipinski definition) is 0. The minimum atomic E-state index is -0.395. The molecule has 1 heterocycles. The van der Waals surface area contributed by atoms with Gasteiger partial charge in [0.15, 0.2) is 0 Å². The molecule has 0 saturated heterocycles. The molecule has 128 valence electrons. The molecule has 1 atom stereocenters. The van der Waals surface area contributed by atoms with Crippen molar-refractivity contribution in [3.05, 3.63) is 59.7 Å². The topological polar surface area (TPSA) is 32.7 Å². The first-order chi connectivity index (χ1) is 11.4. The first-order valence-electron chi connectivity index (χ1n) is 8.67. The van der Waals surface area contributed by atoms with Gasteiger partial charge < -0.3 is 4.90 Å². The molecule has 3 heteroatoms. The lowest BCUT2D eigenvalue weighted by molar-refractivity contribution is -0.126. The van der Waals surface area contributed by atoms with Gasteiger partial charge in [-0.15, -0.1) is 0 Å². The van der Waals surface area contributed by atoms with E-state index in [1.54, 1.807) is 0 Å². The molecule has 0 bridgehead atoms. The highest BCUT2D eigenvalue weighted by molar-refractivity contribution is 6.28. The van der Waals surface area contributed by atoms with Crippen LogP contribution in [0.1, 0.15) is 50.7 Å². The number of carbonyl (C=O) groups is 1. The molecule has 3 nitrogen and oxygen atoms in total. The predicted molar refractivity (Wildman–Crippen MR) is 101 cm³/mol. The van der Waals surface area contributed by atoms with Crippen molar-refractivity contribution in [3.8, 4) is 0 Å². The standard InChI is InChI=1S/C21H28N2O/c1-17-10-5-7-13-19(14-8-6-11-17)18(2)12-9-15-23-20(24)16-22-21(23,3)4/h5-8,10-11,13-14,16,18H,9,12,15H2,1-4H3. The van der Waals surface area contributed by atoms with E-state index in [0.29, 0.717) is 5.92 Å². The Balaban J connectivity index is 1.97. The van der Waals surface area contributed by atoms with Crippen LogP contribution >= 0.6 is 0 Å². The molecule has 1 aliphatic rings. The molecule has 0 N–H and O–H groups in total. The summed E-state index contributed by atoms with van der Waals surface area (Å²) in [4.78, 5) is 18.0. The summed E-state index contributed by atoms with van der Waals surface area (Å²) in [5.41, 5.74) is 2.15. The van der Waals surface area contributed by atoms with Crippen molar-refractivity contribution >= 4 is 12.1 Å². The highest BCUT2D eigenvalue weighted by atomic mass is 16.2. The van der Waals surface area contributed by atoms with Crippen LogP contribution < -0.4 is 0 Å². The number of aryl methyl sites for hydroxylation is 1. The van der Waals surface area contributed by atoms with Crippen molar-refractivity contribution < 1.29 is 4.79 Å². The molecule has 1 amide bonds. The fraction of sp³-hybridized carbons (Fsp3) is 0.429. The Kier molecular flexibility index (Phi) is 6.13. The van der Waals surface area contributed by atoms with E-state index in [1.807, 2.05) is 18.7 Å². The number of carbonyl (C=O) groups excluding carboxylic acids is 1. The fourth-order valence-corrected chi connectivity index (χ4v) is 2.92. The van der Waals surface area contributed by atoms with Crippen LogP contribution in [0.2, 0.25) is 0 Å². The molecule has 0 fully saturated rings. The van der Waals surface area contributed by atoms with Gasteiger partial charge in [-0.05, 0) is 45.1 Å². The van der Waals surface area contributed by atoms with Crippen molar-refractivity contribution in [3.63, 3.8) is 0 Å². The van der Waals surface area contributed by atoms with E-state index in [2.05, 4.69) is 67.4 Å². The molecule has 1 aliphatic heterocycles. The number of rotatable bonds is 5. The molecule has 1 aromatic rings. The minimum absolute atomic E-state index is 0.0284. The summed E-state index contributed by atoms with van der Waals surface area (Å²) in [6, 6.07) is 16.9. The molecule has 24 heavy (non-hydrogen) atoms. The van der Waals surface area contributed by atoms with Crippen LogP contribution in [0.4, 0.5) is 0 Å². The Morgan fingerprint density at radius 1 is 1.08 bits per heavy atom. The van der Waals surface area contributed by atoms with Gasteiger partial charge in [0.25, 0.3) is 5.91 Å². The quantitative estimate of drug-likeness (QED) is 0.776. The molecule has 1 aromatic carbocycles. The van der Waals surface area contributed by atoms with Crippen LogP contribution in [0.25, 0.3) is 0 Å². The highest BCUT2D eigenvalue weighted by Gasteiger charge is 2.33. The van der Waals surface area contributed by atoms with Gasteiger partial charge in [0, 0.05) is 6.54 Å². The third-order valence-electron chi connectivity index (χ3n) is 4.52. The Labute approximate surface area is 145 Å². The van der Waals surface area contributed by atoms with E-state index < -0.39 is 5.66 Å². The summed E-state index contributed by atoms with van der Waals surface area (Å²) < 4.78 is 0. The highest BCUT2D eigenvalue weighted by Crippen LogP contribution is 2.24. The summed E-state index contributed by atoms with van der Waals surface area (Å²) in [6.07, 6.45) is 3.47.